The molecule has 1 heterocycles. The monoisotopic (exact) mass is 257 g/mol. The van der Waals surface area contributed by atoms with Gasteiger partial charge in [-0.15, -0.1) is 0 Å². The zero-order valence-electron chi connectivity index (χ0n) is 12.3. The van der Waals surface area contributed by atoms with Gasteiger partial charge in [0.05, 0.1) is 0 Å². The first-order chi connectivity index (χ1) is 8.93. The lowest BCUT2D eigenvalue weighted by molar-refractivity contribution is 0.374. The smallest absolute Gasteiger partial charge is 0.0488 e. The van der Waals surface area contributed by atoms with Gasteiger partial charge in [0, 0.05) is 37.1 Å². The first kappa shape index (κ1) is 13.8. The van der Waals surface area contributed by atoms with Crippen LogP contribution >= 0.6 is 0 Å². The minimum Gasteiger partial charge on any atom is -0.378 e. The second-order valence-electron chi connectivity index (χ2n) is 6.10. The van der Waals surface area contributed by atoms with Gasteiger partial charge in [-0.25, -0.2) is 0 Å². The molecule has 0 saturated heterocycles. The van der Waals surface area contributed by atoms with Crippen molar-refractivity contribution < 1.29 is 0 Å². The van der Waals surface area contributed by atoms with Gasteiger partial charge in [0.15, 0.2) is 0 Å². The maximum absolute atomic E-state index is 5.84. The summed E-state index contributed by atoms with van der Waals surface area (Å²) in [5.41, 5.74) is 8.26. The number of nitrogens with two attached hydrogens (primary N) is 1. The Morgan fingerprint density at radius 2 is 1.95 bits per heavy atom. The van der Waals surface area contributed by atoms with E-state index >= 15 is 0 Å². The highest BCUT2D eigenvalue weighted by Gasteiger charge is 2.18. The van der Waals surface area contributed by atoms with Crippen LogP contribution < -0.4 is 10.6 Å². The van der Waals surface area contributed by atoms with Crippen molar-refractivity contribution in [1.82, 2.24) is 4.98 Å². The van der Waals surface area contributed by atoms with Gasteiger partial charge in [-0.2, -0.15) is 0 Å². The van der Waals surface area contributed by atoms with Crippen LogP contribution in [0.1, 0.15) is 19.5 Å². The van der Waals surface area contributed by atoms with Crippen molar-refractivity contribution in [2.45, 2.75) is 20.3 Å². The molecule has 0 aliphatic carbocycles. The zero-order valence-corrected chi connectivity index (χ0v) is 12.3. The fraction of sp³-hybridized carbons (Fsp3) is 0.438. The number of hydrogen-bond acceptors (Lipinski definition) is 3. The van der Waals surface area contributed by atoms with Gasteiger partial charge >= 0.3 is 0 Å². The first-order valence-electron chi connectivity index (χ1n) is 6.68. The third-order valence-electron chi connectivity index (χ3n) is 3.55. The molecule has 0 saturated carbocycles. The Kier molecular flexibility index (Phi) is 3.76. The van der Waals surface area contributed by atoms with Crippen LogP contribution in [0.4, 0.5) is 5.69 Å². The van der Waals surface area contributed by atoms with Gasteiger partial charge in [0.2, 0.25) is 0 Å². The molecule has 2 aromatic rings. The maximum atomic E-state index is 5.84. The summed E-state index contributed by atoms with van der Waals surface area (Å²) in [6.07, 6.45) is 2.79. The lowest BCUT2D eigenvalue weighted by Crippen LogP contribution is -2.26. The predicted molar refractivity (Wildman–Crippen MR) is 82.6 cm³/mol. The summed E-state index contributed by atoms with van der Waals surface area (Å²) in [4.78, 5) is 6.68. The first-order valence-corrected chi connectivity index (χ1v) is 6.68. The largest absolute Gasteiger partial charge is 0.378 e. The number of benzene rings is 1. The fourth-order valence-electron chi connectivity index (χ4n) is 2.16. The van der Waals surface area contributed by atoms with Crippen LogP contribution in [0.3, 0.4) is 0 Å². The fourth-order valence-corrected chi connectivity index (χ4v) is 2.16. The summed E-state index contributed by atoms with van der Waals surface area (Å²) >= 11 is 0. The van der Waals surface area contributed by atoms with E-state index in [1.165, 1.54) is 16.5 Å². The van der Waals surface area contributed by atoms with Gasteiger partial charge in [0.1, 0.15) is 0 Å². The molecule has 102 valence electrons. The van der Waals surface area contributed by atoms with Crippen LogP contribution in [0.2, 0.25) is 0 Å². The molecule has 1 aromatic carbocycles. The second kappa shape index (κ2) is 5.17. The van der Waals surface area contributed by atoms with Crippen molar-refractivity contribution in [3.8, 4) is 0 Å². The predicted octanol–water partition coefficient (Wildman–Crippen LogP) is 2.83. The highest BCUT2D eigenvalue weighted by molar-refractivity contribution is 5.87. The topological polar surface area (TPSA) is 42.2 Å². The molecule has 3 nitrogen and oxygen atoms in total. The minimum absolute atomic E-state index is 0.0788. The van der Waals surface area contributed by atoms with E-state index in [-0.39, 0.29) is 5.41 Å². The summed E-state index contributed by atoms with van der Waals surface area (Å²) in [5.74, 6) is 0. The van der Waals surface area contributed by atoms with Crippen molar-refractivity contribution in [1.29, 1.82) is 0 Å². The van der Waals surface area contributed by atoms with E-state index in [0.29, 0.717) is 6.54 Å². The Labute approximate surface area is 115 Å². The number of hydrogen-bond donors (Lipinski definition) is 1. The third kappa shape index (κ3) is 3.04. The van der Waals surface area contributed by atoms with Crippen LogP contribution in [-0.2, 0) is 6.42 Å². The van der Waals surface area contributed by atoms with E-state index in [0.717, 1.165) is 12.1 Å². The highest BCUT2D eigenvalue weighted by atomic mass is 15.1. The number of pyridine rings is 1. The zero-order chi connectivity index (χ0) is 14.0. The molecule has 2 N–H and O–H groups in total. The second-order valence-corrected chi connectivity index (χ2v) is 6.10. The molecule has 0 aliphatic rings. The molecule has 0 bridgehead atoms. The molecule has 0 unspecified atom stereocenters. The maximum Gasteiger partial charge on any atom is 0.0488 e. The molecule has 3 heteroatoms. The van der Waals surface area contributed by atoms with Gasteiger partial charge < -0.3 is 10.6 Å². The minimum atomic E-state index is 0.0788. The van der Waals surface area contributed by atoms with E-state index in [1.807, 2.05) is 6.20 Å². The number of aromatic nitrogens is 1. The number of anilines is 1. The molecule has 0 amide bonds. The number of nitrogens with zero attached hydrogens (tertiary/aromatic N) is 2. The van der Waals surface area contributed by atoms with Crippen molar-refractivity contribution in [3.05, 3.63) is 36.2 Å². The molecule has 2 rings (SSSR count). The standard InChI is InChI=1S/C16H23N3/c1-16(2,11-17)10-15-14-9-13(19(3)4)6-5-12(14)7-8-18-15/h5-9H,10-11,17H2,1-4H3. The van der Waals surface area contributed by atoms with Crippen molar-refractivity contribution in [3.63, 3.8) is 0 Å². The summed E-state index contributed by atoms with van der Waals surface area (Å²) in [6, 6.07) is 8.57. The Balaban J connectivity index is 2.51. The van der Waals surface area contributed by atoms with Gasteiger partial charge in [-0.05, 0) is 42.0 Å². The van der Waals surface area contributed by atoms with Crippen molar-refractivity contribution >= 4 is 16.5 Å². The molecule has 0 fully saturated rings. The van der Waals surface area contributed by atoms with E-state index in [1.54, 1.807) is 0 Å². The summed E-state index contributed by atoms with van der Waals surface area (Å²) in [6.45, 7) is 5.03. The molecular formula is C16H23N3. The van der Waals surface area contributed by atoms with Gasteiger partial charge in [-0.1, -0.05) is 19.9 Å². The van der Waals surface area contributed by atoms with E-state index in [4.69, 9.17) is 5.73 Å². The number of rotatable bonds is 4. The molecule has 0 aliphatic heterocycles. The van der Waals surface area contributed by atoms with E-state index in [9.17, 15) is 0 Å². The van der Waals surface area contributed by atoms with Crippen LogP contribution in [0.15, 0.2) is 30.5 Å². The Bertz CT molecular complexity index is 573. The molecule has 19 heavy (non-hydrogen) atoms. The molecular weight excluding hydrogens is 234 g/mol. The number of fused-ring (bicyclic) bond motifs is 1. The summed E-state index contributed by atoms with van der Waals surface area (Å²) in [7, 11) is 4.11. The van der Waals surface area contributed by atoms with Crippen LogP contribution in [0, 0.1) is 5.41 Å². The SMILES string of the molecule is CN(C)c1ccc2ccnc(CC(C)(C)CN)c2c1. The lowest BCUT2D eigenvalue weighted by Gasteiger charge is -2.23. The molecule has 0 spiro atoms. The molecule has 0 atom stereocenters. The Hall–Kier alpha value is -1.61. The van der Waals surface area contributed by atoms with Crippen LogP contribution in [0.25, 0.3) is 10.8 Å². The lowest BCUT2D eigenvalue weighted by atomic mass is 9.86. The highest BCUT2D eigenvalue weighted by Crippen LogP contribution is 2.27. The van der Waals surface area contributed by atoms with Crippen LogP contribution in [0.5, 0.6) is 0 Å². The van der Waals surface area contributed by atoms with E-state index in [2.05, 4.69) is 62.1 Å². The Morgan fingerprint density at radius 3 is 2.58 bits per heavy atom. The van der Waals surface area contributed by atoms with Crippen molar-refractivity contribution in [2.24, 2.45) is 11.1 Å². The van der Waals surface area contributed by atoms with E-state index < -0.39 is 0 Å². The molecule has 1 aromatic heterocycles. The summed E-state index contributed by atoms with van der Waals surface area (Å²) in [5, 5.41) is 2.47. The quantitative estimate of drug-likeness (QED) is 0.915. The van der Waals surface area contributed by atoms with Gasteiger partial charge in [-0.3, -0.25) is 4.98 Å². The summed E-state index contributed by atoms with van der Waals surface area (Å²) < 4.78 is 0. The Morgan fingerprint density at radius 1 is 1.21 bits per heavy atom. The third-order valence-corrected chi connectivity index (χ3v) is 3.55. The normalized spacial score (nSPS) is 11.8. The van der Waals surface area contributed by atoms with Gasteiger partial charge in [0.25, 0.3) is 0 Å². The van der Waals surface area contributed by atoms with Crippen LogP contribution in [-0.4, -0.2) is 25.6 Å². The molecule has 0 radical (unpaired) electrons. The average molecular weight is 257 g/mol. The average Bonchev–Trinajstić information content (AvgIpc) is 2.38. The van der Waals surface area contributed by atoms with Crippen molar-refractivity contribution in [2.75, 3.05) is 25.5 Å².